The lowest BCUT2D eigenvalue weighted by molar-refractivity contribution is -0.305. The standard InChI is InChI=1S/C24H31NO6/c1-25(2)16-21(31-24(28)14-13-23(26)27)17-30-22-10-5-4-8-19(22)12-11-18-7-6-9-20(15-18)29-3/h4-10,15,21H,11-14,16-17H2,1-3H3,(H,26,27)/p-1. The van der Waals surface area contributed by atoms with E-state index in [0.29, 0.717) is 6.54 Å². The summed E-state index contributed by atoms with van der Waals surface area (Å²) in [6, 6.07) is 15.7. The molecule has 0 heterocycles. The SMILES string of the molecule is COc1cccc(CCc2ccccc2OCC(CN(C)C)OC(=O)CCC(=O)[O-])c1. The maximum atomic E-state index is 11.9. The Balaban J connectivity index is 1.98. The maximum Gasteiger partial charge on any atom is 0.306 e. The molecule has 0 amide bonds. The van der Waals surface area contributed by atoms with Crippen molar-refractivity contribution < 1.29 is 28.9 Å². The Morgan fingerprint density at radius 3 is 2.52 bits per heavy atom. The van der Waals surface area contributed by atoms with Crippen LogP contribution in [0.5, 0.6) is 11.5 Å². The minimum absolute atomic E-state index is 0.172. The van der Waals surface area contributed by atoms with Crippen LogP contribution in [-0.4, -0.2) is 57.3 Å². The molecule has 0 aliphatic carbocycles. The number of ether oxygens (including phenoxy) is 3. The molecule has 1 unspecified atom stereocenters. The largest absolute Gasteiger partial charge is 0.550 e. The Labute approximate surface area is 183 Å². The van der Waals surface area contributed by atoms with Gasteiger partial charge in [0.2, 0.25) is 0 Å². The van der Waals surface area contributed by atoms with Crippen LogP contribution in [0, 0.1) is 0 Å². The number of carboxylic acids is 1. The molecular formula is C24H30NO6-. The third-order valence-electron chi connectivity index (χ3n) is 4.61. The first-order chi connectivity index (χ1) is 14.9. The molecule has 0 spiro atoms. The zero-order chi connectivity index (χ0) is 22.6. The number of hydrogen-bond acceptors (Lipinski definition) is 7. The number of carboxylic acid groups (broad SMARTS) is 1. The van der Waals surface area contributed by atoms with Crippen LogP contribution in [0.4, 0.5) is 0 Å². The average molecular weight is 429 g/mol. The molecule has 0 fully saturated rings. The summed E-state index contributed by atoms with van der Waals surface area (Å²) >= 11 is 0. The van der Waals surface area contributed by atoms with Crippen LogP contribution in [0.1, 0.15) is 24.0 Å². The van der Waals surface area contributed by atoms with Crippen LogP contribution in [0.25, 0.3) is 0 Å². The van der Waals surface area contributed by atoms with Crippen LogP contribution in [-0.2, 0) is 27.2 Å². The summed E-state index contributed by atoms with van der Waals surface area (Å²) in [5.74, 6) is -0.290. The second kappa shape index (κ2) is 12.6. The summed E-state index contributed by atoms with van der Waals surface area (Å²) in [5, 5.41) is 10.6. The third-order valence-corrected chi connectivity index (χ3v) is 4.61. The summed E-state index contributed by atoms with van der Waals surface area (Å²) in [4.78, 5) is 24.4. The first-order valence-electron chi connectivity index (χ1n) is 10.2. The number of likely N-dealkylation sites (N-methyl/N-ethyl adjacent to an activating group) is 1. The van der Waals surface area contributed by atoms with Gasteiger partial charge in [0.15, 0.2) is 0 Å². The van der Waals surface area contributed by atoms with Crippen LogP contribution in [0.3, 0.4) is 0 Å². The highest BCUT2D eigenvalue weighted by Gasteiger charge is 2.17. The van der Waals surface area contributed by atoms with E-state index in [0.717, 1.165) is 29.9 Å². The molecule has 2 aromatic carbocycles. The number of para-hydroxylation sites is 1. The molecule has 7 heteroatoms. The molecule has 7 nitrogen and oxygen atoms in total. The number of aliphatic carboxylic acids is 1. The topological polar surface area (TPSA) is 88.1 Å². The number of benzene rings is 2. The number of aryl methyl sites for hydroxylation is 2. The van der Waals surface area contributed by atoms with Gasteiger partial charge in [0.1, 0.15) is 24.2 Å². The van der Waals surface area contributed by atoms with Gasteiger partial charge in [-0.2, -0.15) is 0 Å². The number of nitrogens with zero attached hydrogens (tertiary/aromatic N) is 1. The molecule has 1 atom stereocenters. The van der Waals surface area contributed by atoms with E-state index >= 15 is 0 Å². The van der Waals surface area contributed by atoms with Crippen molar-refractivity contribution in [3.8, 4) is 11.5 Å². The Morgan fingerprint density at radius 2 is 1.81 bits per heavy atom. The molecule has 0 aromatic heterocycles. The number of carbonyl (C=O) groups is 2. The molecule has 0 aliphatic rings. The highest BCUT2D eigenvalue weighted by Crippen LogP contribution is 2.22. The van der Waals surface area contributed by atoms with Gasteiger partial charge in [0.05, 0.1) is 13.5 Å². The van der Waals surface area contributed by atoms with Crippen LogP contribution < -0.4 is 14.6 Å². The summed E-state index contributed by atoms with van der Waals surface area (Å²) in [6.45, 7) is 0.633. The second-order valence-corrected chi connectivity index (χ2v) is 7.52. The summed E-state index contributed by atoms with van der Waals surface area (Å²) in [5.41, 5.74) is 2.22. The first-order valence-corrected chi connectivity index (χ1v) is 10.2. The zero-order valence-electron chi connectivity index (χ0n) is 18.3. The average Bonchev–Trinajstić information content (AvgIpc) is 2.75. The van der Waals surface area contributed by atoms with Crippen LogP contribution in [0.15, 0.2) is 48.5 Å². The van der Waals surface area contributed by atoms with Gasteiger partial charge < -0.3 is 29.0 Å². The summed E-state index contributed by atoms with van der Waals surface area (Å²) in [7, 11) is 5.38. The molecule has 2 aromatic rings. The van der Waals surface area contributed by atoms with E-state index in [1.54, 1.807) is 7.11 Å². The highest BCUT2D eigenvalue weighted by atomic mass is 16.6. The van der Waals surface area contributed by atoms with Crippen molar-refractivity contribution in [3.63, 3.8) is 0 Å². The fourth-order valence-electron chi connectivity index (χ4n) is 3.12. The minimum Gasteiger partial charge on any atom is -0.550 e. The van der Waals surface area contributed by atoms with Crippen LogP contribution in [0.2, 0.25) is 0 Å². The number of hydrogen-bond donors (Lipinski definition) is 0. The molecule has 0 radical (unpaired) electrons. The predicted octanol–water partition coefficient (Wildman–Crippen LogP) is 1.86. The van der Waals surface area contributed by atoms with Crippen molar-refractivity contribution >= 4 is 11.9 Å². The van der Waals surface area contributed by atoms with E-state index in [1.807, 2.05) is 61.5 Å². The van der Waals surface area contributed by atoms with Gasteiger partial charge in [-0.3, -0.25) is 4.79 Å². The van der Waals surface area contributed by atoms with Gasteiger partial charge in [-0.05, 0) is 62.7 Å². The lowest BCUT2D eigenvalue weighted by atomic mass is 10.0. The number of esters is 1. The van der Waals surface area contributed by atoms with E-state index in [1.165, 1.54) is 5.56 Å². The van der Waals surface area contributed by atoms with Crippen molar-refractivity contribution in [2.45, 2.75) is 31.8 Å². The molecule has 0 saturated heterocycles. The first kappa shape index (κ1) is 24.2. The van der Waals surface area contributed by atoms with E-state index < -0.39 is 18.0 Å². The van der Waals surface area contributed by atoms with Gasteiger partial charge in [-0.25, -0.2) is 0 Å². The number of methoxy groups -OCH3 is 1. The molecule has 2 rings (SSSR count). The maximum absolute atomic E-state index is 11.9. The predicted molar refractivity (Wildman–Crippen MR) is 115 cm³/mol. The highest BCUT2D eigenvalue weighted by molar-refractivity contribution is 5.75. The lowest BCUT2D eigenvalue weighted by Crippen LogP contribution is -2.35. The summed E-state index contributed by atoms with van der Waals surface area (Å²) in [6.07, 6.45) is 0.519. The van der Waals surface area contributed by atoms with Gasteiger partial charge >= 0.3 is 5.97 Å². The molecule has 0 bridgehead atoms. The quantitative estimate of drug-likeness (QED) is 0.450. The number of carbonyl (C=O) groups excluding carboxylic acids is 2. The Hall–Kier alpha value is -3.06. The zero-order valence-corrected chi connectivity index (χ0v) is 18.3. The monoisotopic (exact) mass is 428 g/mol. The van der Waals surface area contributed by atoms with Crippen LogP contribution >= 0.6 is 0 Å². The van der Waals surface area contributed by atoms with Crippen molar-refractivity contribution in [1.82, 2.24) is 4.90 Å². The Bertz CT molecular complexity index is 851. The minimum atomic E-state index is -1.28. The van der Waals surface area contributed by atoms with Crippen molar-refractivity contribution in [3.05, 3.63) is 59.7 Å². The van der Waals surface area contributed by atoms with E-state index in [4.69, 9.17) is 14.2 Å². The lowest BCUT2D eigenvalue weighted by Gasteiger charge is -2.22. The molecule has 0 N–H and O–H groups in total. The summed E-state index contributed by atoms with van der Waals surface area (Å²) < 4.78 is 16.7. The van der Waals surface area contributed by atoms with Gasteiger partial charge in [-0.1, -0.05) is 30.3 Å². The van der Waals surface area contributed by atoms with Crippen molar-refractivity contribution in [2.75, 3.05) is 34.4 Å². The fourth-order valence-corrected chi connectivity index (χ4v) is 3.12. The van der Waals surface area contributed by atoms with Crippen molar-refractivity contribution in [1.29, 1.82) is 0 Å². The Kier molecular flexibility index (Phi) is 9.84. The third kappa shape index (κ3) is 9.09. The molecule has 31 heavy (non-hydrogen) atoms. The van der Waals surface area contributed by atoms with Gasteiger partial charge in [0.25, 0.3) is 0 Å². The number of rotatable bonds is 13. The normalized spacial score (nSPS) is 11.7. The Morgan fingerprint density at radius 1 is 1.03 bits per heavy atom. The molecule has 0 aliphatic heterocycles. The fraction of sp³-hybridized carbons (Fsp3) is 0.417. The van der Waals surface area contributed by atoms with Crippen molar-refractivity contribution in [2.24, 2.45) is 0 Å². The molecule has 168 valence electrons. The van der Waals surface area contributed by atoms with Gasteiger partial charge in [-0.15, -0.1) is 0 Å². The molecular weight excluding hydrogens is 398 g/mol. The van der Waals surface area contributed by atoms with Gasteiger partial charge in [0, 0.05) is 12.5 Å². The van der Waals surface area contributed by atoms with E-state index in [9.17, 15) is 14.7 Å². The molecule has 0 saturated carbocycles. The van der Waals surface area contributed by atoms with E-state index in [2.05, 4.69) is 6.07 Å². The second-order valence-electron chi connectivity index (χ2n) is 7.52. The smallest absolute Gasteiger partial charge is 0.306 e. The van der Waals surface area contributed by atoms with E-state index in [-0.39, 0.29) is 19.4 Å².